The quantitative estimate of drug-likeness (QED) is 0.831. The van der Waals surface area contributed by atoms with Crippen molar-refractivity contribution in [1.29, 1.82) is 0 Å². The van der Waals surface area contributed by atoms with Crippen LogP contribution in [0, 0.1) is 0 Å². The van der Waals surface area contributed by atoms with Gasteiger partial charge in [-0.1, -0.05) is 0 Å². The van der Waals surface area contributed by atoms with Gasteiger partial charge in [-0.05, 0) is 12.8 Å². The summed E-state index contributed by atoms with van der Waals surface area (Å²) < 4.78 is 4.18. The van der Waals surface area contributed by atoms with Crippen LogP contribution in [0.3, 0.4) is 0 Å². The van der Waals surface area contributed by atoms with E-state index in [-0.39, 0.29) is 6.61 Å². The number of aliphatic hydroxyl groups is 1. The van der Waals surface area contributed by atoms with E-state index in [1.54, 1.807) is 6.20 Å². The zero-order chi connectivity index (χ0) is 11.0. The molecule has 2 aromatic rings. The molecule has 0 spiro atoms. The maximum absolute atomic E-state index is 9.12. The molecule has 5 nitrogen and oxygen atoms in total. The molecule has 1 fully saturated rings. The number of hydrogen-bond donors (Lipinski definition) is 1. The number of imidazole rings is 2. The number of aliphatic hydroxyl groups excluding tert-OH is 1. The van der Waals surface area contributed by atoms with E-state index in [0.29, 0.717) is 11.9 Å². The molecule has 1 aliphatic rings. The molecule has 1 aliphatic carbocycles. The summed E-state index contributed by atoms with van der Waals surface area (Å²) in [4.78, 5) is 8.27. The second-order valence-electron chi connectivity index (χ2n) is 4.15. The minimum Gasteiger partial charge on any atom is -0.388 e. The average Bonchev–Trinajstić information content (AvgIpc) is 2.88. The normalized spacial score (nSPS) is 15.6. The summed E-state index contributed by atoms with van der Waals surface area (Å²) >= 11 is 0. The molecule has 0 aliphatic heterocycles. The molecule has 0 radical (unpaired) electrons. The van der Waals surface area contributed by atoms with Crippen LogP contribution in [-0.4, -0.2) is 24.2 Å². The molecule has 16 heavy (non-hydrogen) atoms. The monoisotopic (exact) mass is 218 g/mol. The first-order valence-corrected chi connectivity index (χ1v) is 5.50. The van der Waals surface area contributed by atoms with Crippen molar-refractivity contribution in [3.05, 3.63) is 36.4 Å². The largest absolute Gasteiger partial charge is 0.388 e. The summed E-state index contributed by atoms with van der Waals surface area (Å²) in [5.41, 5.74) is 1.18. The van der Waals surface area contributed by atoms with E-state index in [1.165, 1.54) is 18.5 Å². The van der Waals surface area contributed by atoms with Crippen LogP contribution >= 0.6 is 0 Å². The maximum Gasteiger partial charge on any atom is 0.134 e. The van der Waals surface area contributed by atoms with Gasteiger partial charge in [0.1, 0.15) is 12.4 Å². The van der Waals surface area contributed by atoms with Gasteiger partial charge in [-0.15, -0.1) is 0 Å². The molecule has 2 aromatic heterocycles. The lowest BCUT2D eigenvalue weighted by atomic mass is 10.4. The van der Waals surface area contributed by atoms with Crippen molar-refractivity contribution in [3.8, 4) is 0 Å². The Labute approximate surface area is 93.4 Å². The van der Waals surface area contributed by atoms with Crippen molar-refractivity contribution in [2.24, 2.45) is 0 Å². The van der Waals surface area contributed by atoms with E-state index in [4.69, 9.17) is 5.11 Å². The van der Waals surface area contributed by atoms with Crippen LogP contribution in [0.15, 0.2) is 24.9 Å². The Morgan fingerprint density at radius 2 is 2.31 bits per heavy atom. The smallest absolute Gasteiger partial charge is 0.134 e. The minimum atomic E-state index is -0.0232. The van der Waals surface area contributed by atoms with Crippen LogP contribution < -0.4 is 0 Å². The van der Waals surface area contributed by atoms with E-state index >= 15 is 0 Å². The van der Waals surface area contributed by atoms with Crippen molar-refractivity contribution in [1.82, 2.24) is 19.1 Å². The number of nitrogens with zero attached hydrogens (tertiary/aromatic N) is 4. The van der Waals surface area contributed by atoms with Gasteiger partial charge in [0.05, 0.1) is 18.6 Å². The molecular formula is C11H14N4O. The molecule has 3 rings (SSSR count). The van der Waals surface area contributed by atoms with Gasteiger partial charge in [-0.25, -0.2) is 9.97 Å². The topological polar surface area (TPSA) is 55.9 Å². The summed E-state index contributed by atoms with van der Waals surface area (Å²) in [5, 5.41) is 9.12. The highest BCUT2D eigenvalue weighted by molar-refractivity contribution is 5.06. The van der Waals surface area contributed by atoms with Crippen LogP contribution in [0.2, 0.25) is 0 Å². The molecule has 0 amide bonds. The lowest BCUT2D eigenvalue weighted by Gasteiger charge is -2.08. The second-order valence-corrected chi connectivity index (χ2v) is 4.15. The zero-order valence-electron chi connectivity index (χ0n) is 8.95. The molecule has 0 bridgehead atoms. The van der Waals surface area contributed by atoms with E-state index in [2.05, 4.69) is 14.5 Å². The van der Waals surface area contributed by atoms with Crippen LogP contribution in [-0.2, 0) is 13.2 Å². The van der Waals surface area contributed by atoms with Gasteiger partial charge < -0.3 is 14.2 Å². The van der Waals surface area contributed by atoms with Crippen molar-refractivity contribution in [2.75, 3.05) is 0 Å². The van der Waals surface area contributed by atoms with Gasteiger partial charge in [-0.2, -0.15) is 0 Å². The summed E-state index contributed by atoms with van der Waals surface area (Å²) in [7, 11) is 0. The van der Waals surface area contributed by atoms with Crippen molar-refractivity contribution >= 4 is 0 Å². The molecule has 1 N–H and O–H groups in total. The molecular weight excluding hydrogens is 204 g/mol. The second kappa shape index (κ2) is 3.75. The lowest BCUT2D eigenvalue weighted by Crippen LogP contribution is -2.08. The van der Waals surface area contributed by atoms with Crippen molar-refractivity contribution in [2.45, 2.75) is 32.0 Å². The van der Waals surface area contributed by atoms with Crippen LogP contribution in [0.1, 0.15) is 30.4 Å². The van der Waals surface area contributed by atoms with Crippen LogP contribution in [0.25, 0.3) is 0 Å². The van der Waals surface area contributed by atoms with Crippen LogP contribution in [0.5, 0.6) is 0 Å². The molecule has 0 unspecified atom stereocenters. The number of aromatic nitrogens is 4. The van der Waals surface area contributed by atoms with Gasteiger partial charge in [0, 0.05) is 24.6 Å². The zero-order valence-corrected chi connectivity index (χ0v) is 8.95. The first-order valence-electron chi connectivity index (χ1n) is 5.50. The van der Waals surface area contributed by atoms with Gasteiger partial charge in [-0.3, -0.25) is 0 Å². The molecule has 5 heteroatoms. The molecule has 1 saturated carbocycles. The minimum absolute atomic E-state index is 0.0232. The van der Waals surface area contributed by atoms with Gasteiger partial charge in [0.25, 0.3) is 0 Å². The highest BCUT2D eigenvalue weighted by Crippen LogP contribution is 2.35. The highest BCUT2D eigenvalue weighted by atomic mass is 16.3. The molecule has 0 atom stereocenters. The van der Waals surface area contributed by atoms with Gasteiger partial charge >= 0.3 is 0 Å². The average molecular weight is 218 g/mol. The fourth-order valence-corrected chi connectivity index (χ4v) is 1.95. The molecule has 2 heterocycles. The Hall–Kier alpha value is -1.62. The number of hydrogen-bond acceptors (Lipinski definition) is 3. The lowest BCUT2D eigenvalue weighted by molar-refractivity contribution is 0.266. The Morgan fingerprint density at radius 1 is 1.44 bits per heavy atom. The van der Waals surface area contributed by atoms with E-state index in [0.717, 1.165) is 6.54 Å². The summed E-state index contributed by atoms with van der Waals surface area (Å²) in [6.45, 7) is 0.705. The van der Waals surface area contributed by atoms with E-state index in [9.17, 15) is 0 Å². The predicted octanol–water partition coefficient (Wildman–Crippen LogP) is 0.955. The number of rotatable bonds is 4. The first kappa shape index (κ1) is 9.59. The molecule has 0 aromatic carbocycles. The van der Waals surface area contributed by atoms with Crippen molar-refractivity contribution in [3.63, 3.8) is 0 Å². The summed E-state index contributed by atoms with van der Waals surface area (Å²) in [6, 6.07) is 0.638. The third-order valence-electron chi connectivity index (χ3n) is 2.96. The standard InChI is InChI=1S/C11H14N4O/c16-7-11-13-3-4-14(11)6-10-5-12-8-15(10)9-1-2-9/h3-5,8-9,16H,1-2,6-7H2. The fourth-order valence-electron chi connectivity index (χ4n) is 1.95. The van der Waals surface area contributed by atoms with Crippen molar-refractivity contribution < 1.29 is 5.11 Å². The van der Waals surface area contributed by atoms with Crippen LogP contribution in [0.4, 0.5) is 0 Å². The fraction of sp³-hybridized carbons (Fsp3) is 0.455. The SMILES string of the molecule is OCc1nccn1Cc1cncn1C1CC1. The van der Waals surface area contributed by atoms with Gasteiger partial charge in [0.2, 0.25) is 0 Å². The Balaban J connectivity index is 1.85. The van der Waals surface area contributed by atoms with Gasteiger partial charge in [0.15, 0.2) is 0 Å². The molecule has 84 valence electrons. The molecule has 0 saturated heterocycles. The van der Waals surface area contributed by atoms with E-state index in [1.807, 2.05) is 23.3 Å². The summed E-state index contributed by atoms with van der Waals surface area (Å²) in [6.07, 6.45) is 9.88. The highest BCUT2D eigenvalue weighted by Gasteiger charge is 2.25. The first-order chi connectivity index (χ1) is 7.88. The Kier molecular flexibility index (Phi) is 2.25. The Morgan fingerprint density at radius 3 is 3.06 bits per heavy atom. The summed E-state index contributed by atoms with van der Waals surface area (Å²) in [5.74, 6) is 0.698. The predicted molar refractivity (Wildman–Crippen MR) is 57.7 cm³/mol. The third kappa shape index (κ3) is 1.63. The van der Waals surface area contributed by atoms with E-state index < -0.39 is 0 Å². The maximum atomic E-state index is 9.12. The third-order valence-corrected chi connectivity index (χ3v) is 2.96. The Bertz CT molecular complexity index is 484.